The van der Waals surface area contributed by atoms with Crippen LogP contribution in [0, 0.1) is 17.8 Å². The molecule has 3 aromatic heterocycles. The van der Waals surface area contributed by atoms with Gasteiger partial charge in [0, 0.05) is 42.8 Å². The van der Waals surface area contributed by atoms with Crippen molar-refractivity contribution in [1.29, 1.82) is 0 Å². The lowest BCUT2D eigenvalue weighted by molar-refractivity contribution is 0.0926. The minimum atomic E-state index is -0.164. The standard InChI is InChI=1S/C23H21N5O2/c29-22(20-9-14-5-7-24-11-21(14)30-20)25-8-6-16-17-12-28(13-18(16)17)23-26-10-15-3-1-2-4-19(15)27-23/h1-5,7,9-11,16-18H,6,8,12-13H2,(H,25,29)/t16-,17-,18+. The first kappa shape index (κ1) is 17.4. The monoisotopic (exact) mass is 399 g/mol. The van der Waals surface area contributed by atoms with E-state index in [0.29, 0.717) is 35.6 Å². The highest BCUT2D eigenvalue weighted by Crippen LogP contribution is 2.53. The molecule has 1 aliphatic heterocycles. The Morgan fingerprint density at radius 3 is 2.87 bits per heavy atom. The van der Waals surface area contributed by atoms with Crippen LogP contribution in [0.5, 0.6) is 0 Å². The van der Waals surface area contributed by atoms with Crippen LogP contribution in [0.25, 0.3) is 21.9 Å². The molecule has 1 saturated heterocycles. The van der Waals surface area contributed by atoms with Crippen molar-refractivity contribution in [2.45, 2.75) is 6.42 Å². The van der Waals surface area contributed by atoms with Crippen LogP contribution in [-0.2, 0) is 0 Å². The van der Waals surface area contributed by atoms with E-state index in [-0.39, 0.29) is 5.91 Å². The van der Waals surface area contributed by atoms with Crippen molar-refractivity contribution in [2.24, 2.45) is 17.8 Å². The minimum Gasteiger partial charge on any atom is -0.449 e. The topological polar surface area (TPSA) is 84.2 Å². The fraction of sp³-hybridized carbons (Fsp3) is 0.304. The van der Waals surface area contributed by atoms with E-state index in [0.717, 1.165) is 41.7 Å². The fourth-order valence-corrected chi connectivity index (χ4v) is 4.79. The number of furan rings is 1. The molecule has 7 heteroatoms. The molecule has 1 aliphatic carbocycles. The lowest BCUT2D eigenvalue weighted by Gasteiger charge is -2.20. The summed E-state index contributed by atoms with van der Waals surface area (Å²) in [6, 6.07) is 11.7. The zero-order valence-corrected chi connectivity index (χ0v) is 16.4. The van der Waals surface area contributed by atoms with Gasteiger partial charge in [-0.25, -0.2) is 9.97 Å². The molecular formula is C23H21N5O2. The third-order valence-corrected chi connectivity index (χ3v) is 6.44. The summed E-state index contributed by atoms with van der Waals surface area (Å²) in [6.45, 7) is 2.66. The molecule has 0 unspecified atom stereocenters. The fourth-order valence-electron chi connectivity index (χ4n) is 4.79. The maximum Gasteiger partial charge on any atom is 0.287 e. The zero-order chi connectivity index (χ0) is 20.1. The predicted molar refractivity (Wildman–Crippen MR) is 113 cm³/mol. The maximum atomic E-state index is 12.4. The Balaban J connectivity index is 1.02. The molecule has 2 aliphatic rings. The van der Waals surface area contributed by atoms with Crippen LogP contribution in [-0.4, -0.2) is 40.5 Å². The number of carbonyl (C=O) groups is 1. The minimum absolute atomic E-state index is 0.164. The first-order valence-corrected chi connectivity index (χ1v) is 10.3. The summed E-state index contributed by atoms with van der Waals surface area (Å²) in [5, 5.41) is 4.95. The molecule has 0 radical (unpaired) electrons. The van der Waals surface area contributed by atoms with Gasteiger partial charge in [0.25, 0.3) is 5.91 Å². The number of anilines is 1. The van der Waals surface area contributed by atoms with Crippen LogP contribution in [0.4, 0.5) is 5.95 Å². The number of pyridine rings is 1. The highest BCUT2D eigenvalue weighted by Gasteiger charge is 2.55. The number of benzene rings is 1. The number of amides is 1. The Bertz CT molecular complexity index is 1210. The van der Waals surface area contributed by atoms with Gasteiger partial charge < -0.3 is 14.6 Å². The van der Waals surface area contributed by atoms with E-state index in [1.54, 1.807) is 18.5 Å². The quantitative estimate of drug-likeness (QED) is 0.554. The first-order chi connectivity index (χ1) is 14.8. The summed E-state index contributed by atoms with van der Waals surface area (Å²) in [4.78, 5) is 27.9. The predicted octanol–water partition coefficient (Wildman–Crippen LogP) is 3.27. The Hall–Kier alpha value is -3.48. The van der Waals surface area contributed by atoms with Gasteiger partial charge in [0.05, 0.1) is 11.7 Å². The van der Waals surface area contributed by atoms with Gasteiger partial charge in [-0.05, 0) is 42.4 Å². The molecule has 3 atom stereocenters. The first-order valence-electron chi connectivity index (χ1n) is 10.3. The zero-order valence-electron chi connectivity index (χ0n) is 16.4. The number of rotatable bonds is 5. The Morgan fingerprint density at radius 2 is 2.00 bits per heavy atom. The van der Waals surface area contributed by atoms with Crippen LogP contribution >= 0.6 is 0 Å². The van der Waals surface area contributed by atoms with E-state index in [1.165, 1.54) is 0 Å². The van der Waals surface area contributed by atoms with Gasteiger partial charge in [-0.3, -0.25) is 9.78 Å². The molecule has 1 aromatic carbocycles. The van der Waals surface area contributed by atoms with Crippen LogP contribution in [0.3, 0.4) is 0 Å². The van der Waals surface area contributed by atoms with E-state index < -0.39 is 0 Å². The molecule has 2 fully saturated rings. The van der Waals surface area contributed by atoms with E-state index in [4.69, 9.17) is 9.40 Å². The molecule has 6 rings (SSSR count). The van der Waals surface area contributed by atoms with Gasteiger partial charge in [-0.2, -0.15) is 0 Å². The van der Waals surface area contributed by atoms with E-state index in [1.807, 2.05) is 36.5 Å². The Labute approximate surface area is 173 Å². The molecule has 4 aromatic rings. The summed E-state index contributed by atoms with van der Waals surface area (Å²) >= 11 is 0. The van der Waals surface area contributed by atoms with Gasteiger partial charge in [-0.15, -0.1) is 0 Å². The number of aromatic nitrogens is 3. The molecule has 30 heavy (non-hydrogen) atoms. The highest BCUT2D eigenvalue weighted by atomic mass is 16.3. The summed E-state index contributed by atoms with van der Waals surface area (Å²) in [6.07, 6.45) is 6.22. The second-order valence-electron chi connectivity index (χ2n) is 8.19. The molecule has 150 valence electrons. The average molecular weight is 399 g/mol. The number of nitrogens with zero attached hydrogens (tertiary/aromatic N) is 4. The normalized spacial score (nSPS) is 22.4. The molecule has 1 amide bonds. The van der Waals surface area contributed by atoms with Crippen LogP contribution in [0.1, 0.15) is 17.0 Å². The smallest absolute Gasteiger partial charge is 0.287 e. The lowest BCUT2D eigenvalue weighted by atomic mass is 10.2. The van der Waals surface area contributed by atoms with Crippen molar-refractivity contribution in [3.05, 3.63) is 60.7 Å². The summed E-state index contributed by atoms with van der Waals surface area (Å²) < 4.78 is 5.58. The van der Waals surface area contributed by atoms with Crippen molar-refractivity contribution >= 4 is 33.7 Å². The molecule has 0 bridgehead atoms. The molecule has 1 saturated carbocycles. The van der Waals surface area contributed by atoms with Crippen molar-refractivity contribution in [2.75, 3.05) is 24.5 Å². The van der Waals surface area contributed by atoms with Gasteiger partial charge in [0.2, 0.25) is 5.95 Å². The SMILES string of the molecule is O=C(NCC[C@@H]1[C@H]2CN(c3ncc4ccccc4n3)C[C@@H]12)c1cc2ccncc2o1. The second-order valence-corrected chi connectivity index (χ2v) is 8.19. The summed E-state index contributed by atoms with van der Waals surface area (Å²) in [5.41, 5.74) is 1.62. The molecule has 1 N–H and O–H groups in total. The molecule has 4 heterocycles. The van der Waals surface area contributed by atoms with Crippen molar-refractivity contribution < 1.29 is 9.21 Å². The lowest BCUT2D eigenvalue weighted by Crippen LogP contribution is -2.28. The van der Waals surface area contributed by atoms with E-state index in [2.05, 4.69) is 20.2 Å². The summed E-state index contributed by atoms with van der Waals surface area (Å²) in [5.74, 6) is 3.02. The number of hydrogen-bond donors (Lipinski definition) is 1. The third-order valence-electron chi connectivity index (χ3n) is 6.44. The molecular weight excluding hydrogens is 378 g/mol. The number of nitrogens with one attached hydrogen (secondary N) is 1. The third kappa shape index (κ3) is 2.98. The van der Waals surface area contributed by atoms with Gasteiger partial charge >= 0.3 is 0 Å². The second kappa shape index (κ2) is 6.79. The number of hydrogen-bond acceptors (Lipinski definition) is 6. The molecule has 0 spiro atoms. The summed E-state index contributed by atoms with van der Waals surface area (Å²) in [7, 11) is 0. The van der Waals surface area contributed by atoms with Crippen LogP contribution < -0.4 is 10.2 Å². The van der Waals surface area contributed by atoms with Gasteiger partial charge in [0.1, 0.15) is 0 Å². The number of piperidine rings is 1. The average Bonchev–Trinajstić information content (AvgIpc) is 3.14. The largest absolute Gasteiger partial charge is 0.449 e. The Kier molecular flexibility index (Phi) is 3.94. The van der Waals surface area contributed by atoms with Crippen LogP contribution in [0.2, 0.25) is 0 Å². The molecule has 7 nitrogen and oxygen atoms in total. The number of carbonyl (C=O) groups excluding carboxylic acids is 1. The van der Waals surface area contributed by atoms with Gasteiger partial charge in [-0.1, -0.05) is 18.2 Å². The van der Waals surface area contributed by atoms with Crippen molar-refractivity contribution in [3.8, 4) is 0 Å². The highest BCUT2D eigenvalue weighted by molar-refractivity contribution is 5.95. The Morgan fingerprint density at radius 1 is 1.13 bits per heavy atom. The number of para-hydroxylation sites is 1. The van der Waals surface area contributed by atoms with Crippen molar-refractivity contribution in [1.82, 2.24) is 20.3 Å². The van der Waals surface area contributed by atoms with Crippen LogP contribution in [0.15, 0.2) is 59.4 Å². The van der Waals surface area contributed by atoms with Gasteiger partial charge in [0.15, 0.2) is 11.3 Å². The maximum absolute atomic E-state index is 12.4. The number of fused-ring (bicyclic) bond motifs is 3. The van der Waals surface area contributed by atoms with Crippen molar-refractivity contribution in [3.63, 3.8) is 0 Å². The van der Waals surface area contributed by atoms with E-state index in [9.17, 15) is 4.79 Å². The van der Waals surface area contributed by atoms with E-state index >= 15 is 0 Å².